The maximum atomic E-state index is 11.8. The first-order chi connectivity index (χ1) is 9.37. The van der Waals surface area contributed by atoms with Gasteiger partial charge in [0, 0.05) is 29.5 Å². The van der Waals surface area contributed by atoms with Crippen LogP contribution in [0, 0.1) is 5.92 Å². The topological polar surface area (TPSA) is 67.4 Å². The average molecular weight is 363 g/mol. The lowest BCUT2D eigenvalue weighted by atomic mass is 10.1. The van der Waals surface area contributed by atoms with Gasteiger partial charge in [0.05, 0.1) is 6.61 Å². The highest BCUT2D eigenvalue weighted by atomic mass is 79.9. The second-order valence-electron chi connectivity index (χ2n) is 5.22. The van der Waals surface area contributed by atoms with Crippen LogP contribution < -0.4 is 14.2 Å². The van der Waals surface area contributed by atoms with E-state index in [1.807, 2.05) is 26.0 Å². The molecule has 1 aliphatic rings. The summed E-state index contributed by atoms with van der Waals surface area (Å²) < 4.78 is 35.2. The molecular formula is C13H19BrN2O3S. The molecule has 0 aliphatic carbocycles. The Morgan fingerprint density at radius 3 is 2.80 bits per heavy atom. The Labute approximate surface area is 128 Å². The summed E-state index contributed by atoms with van der Waals surface area (Å²) in [6.45, 7) is 5.20. The highest BCUT2D eigenvalue weighted by Crippen LogP contribution is 2.32. The number of ether oxygens (including phenoxy) is 1. The Morgan fingerprint density at radius 1 is 1.35 bits per heavy atom. The number of hydrogen-bond donors (Lipinski definition) is 2. The Bertz CT molecular complexity index is 588. The minimum absolute atomic E-state index is 0.217. The molecule has 0 unspecified atom stereocenters. The highest BCUT2D eigenvalue weighted by molar-refractivity contribution is 9.10. The minimum atomic E-state index is -3.48. The maximum Gasteiger partial charge on any atom is 0.277 e. The van der Waals surface area contributed by atoms with Gasteiger partial charge in [-0.25, -0.2) is 4.72 Å². The van der Waals surface area contributed by atoms with Crippen molar-refractivity contribution in [3.8, 4) is 5.75 Å². The molecule has 0 amide bonds. The molecule has 1 heterocycles. The van der Waals surface area contributed by atoms with Crippen molar-refractivity contribution in [1.29, 1.82) is 0 Å². The first-order valence-corrected chi connectivity index (χ1v) is 8.83. The molecule has 2 N–H and O–H groups in total. The summed E-state index contributed by atoms with van der Waals surface area (Å²) in [6.07, 6.45) is 0.861. The molecule has 0 saturated heterocycles. The molecule has 0 bridgehead atoms. The molecular weight excluding hydrogens is 344 g/mol. The van der Waals surface area contributed by atoms with Crippen molar-refractivity contribution in [3.05, 3.63) is 27.7 Å². The third kappa shape index (κ3) is 4.18. The number of fused-ring (bicyclic) bond motifs is 1. The summed E-state index contributed by atoms with van der Waals surface area (Å²) in [7, 11) is -3.48. The zero-order chi connectivity index (χ0) is 14.8. The molecule has 7 heteroatoms. The van der Waals surface area contributed by atoms with E-state index in [1.54, 1.807) is 0 Å². The number of hydrogen-bond acceptors (Lipinski definition) is 3. The van der Waals surface area contributed by atoms with Gasteiger partial charge in [-0.05, 0) is 23.6 Å². The van der Waals surface area contributed by atoms with Crippen LogP contribution in [0.25, 0.3) is 0 Å². The highest BCUT2D eigenvalue weighted by Gasteiger charge is 2.19. The van der Waals surface area contributed by atoms with Crippen LogP contribution in [-0.4, -0.2) is 21.6 Å². The molecule has 112 valence electrons. The smallest absolute Gasteiger partial charge is 0.277 e. The summed E-state index contributed by atoms with van der Waals surface area (Å²) in [5.41, 5.74) is 1.96. The van der Waals surface area contributed by atoms with Crippen molar-refractivity contribution in [1.82, 2.24) is 9.44 Å². The van der Waals surface area contributed by atoms with E-state index in [4.69, 9.17) is 4.74 Å². The molecule has 1 aliphatic heterocycles. The normalized spacial score (nSPS) is 14.4. The molecule has 1 aromatic rings. The lowest BCUT2D eigenvalue weighted by Crippen LogP contribution is -2.38. The van der Waals surface area contributed by atoms with Gasteiger partial charge < -0.3 is 4.74 Å². The second kappa shape index (κ2) is 6.43. The monoisotopic (exact) mass is 362 g/mol. The number of halogens is 1. The van der Waals surface area contributed by atoms with Crippen molar-refractivity contribution in [3.63, 3.8) is 0 Å². The van der Waals surface area contributed by atoms with Gasteiger partial charge in [-0.2, -0.15) is 13.1 Å². The molecule has 1 aromatic carbocycles. The predicted octanol–water partition coefficient (Wildman–Crippen LogP) is 1.96. The van der Waals surface area contributed by atoms with E-state index < -0.39 is 10.2 Å². The number of rotatable bonds is 6. The Balaban J connectivity index is 2.04. The standard InChI is InChI=1S/C13H19BrN2O3S/c1-9(2)7-15-20(17,18)16-8-11-6-12(14)5-10-3-4-19-13(10)11/h5-6,9,15-16H,3-4,7-8H2,1-2H3. The molecule has 20 heavy (non-hydrogen) atoms. The van der Waals surface area contributed by atoms with Gasteiger partial charge in [0.2, 0.25) is 0 Å². The first-order valence-electron chi connectivity index (χ1n) is 6.56. The fraction of sp³-hybridized carbons (Fsp3) is 0.538. The van der Waals surface area contributed by atoms with Gasteiger partial charge in [0.15, 0.2) is 0 Å². The van der Waals surface area contributed by atoms with E-state index in [0.717, 1.165) is 27.8 Å². The third-order valence-electron chi connectivity index (χ3n) is 2.96. The number of benzene rings is 1. The zero-order valence-corrected chi connectivity index (χ0v) is 14.0. The van der Waals surface area contributed by atoms with E-state index in [2.05, 4.69) is 25.4 Å². The van der Waals surface area contributed by atoms with Crippen molar-refractivity contribution < 1.29 is 13.2 Å². The number of nitrogens with one attached hydrogen (secondary N) is 2. The van der Waals surface area contributed by atoms with Crippen LogP contribution in [0.3, 0.4) is 0 Å². The van der Waals surface area contributed by atoms with Crippen LogP contribution in [0.4, 0.5) is 0 Å². The molecule has 0 fully saturated rings. The first kappa shape index (κ1) is 15.8. The molecule has 0 saturated carbocycles. The quantitative estimate of drug-likeness (QED) is 0.812. The lowest BCUT2D eigenvalue weighted by Gasteiger charge is -2.12. The molecule has 5 nitrogen and oxygen atoms in total. The Hall–Kier alpha value is -0.630. The van der Waals surface area contributed by atoms with E-state index in [9.17, 15) is 8.42 Å². The van der Waals surface area contributed by atoms with Crippen LogP contribution in [0.2, 0.25) is 0 Å². The fourth-order valence-corrected chi connectivity index (χ4v) is 3.53. The summed E-state index contributed by atoms with van der Waals surface area (Å²) in [6, 6.07) is 3.90. The average Bonchev–Trinajstić information content (AvgIpc) is 2.81. The van der Waals surface area contributed by atoms with Crippen molar-refractivity contribution >= 4 is 26.1 Å². The summed E-state index contributed by atoms with van der Waals surface area (Å²) in [5.74, 6) is 1.07. The molecule has 0 radical (unpaired) electrons. The van der Waals surface area contributed by atoms with E-state index in [1.165, 1.54) is 0 Å². The van der Waals surface area contributed by atoms with Gasteiger partial charge >= 0.3 is 0 Å². The van der Waals surface area contributed by atoms with Gasteiger partial charge in [0.1, 0.15) is 5.75 Å². The van der Waals surface area contributed by atoms with Crippen LogP contribution in [0.1, 0.15) is 25.0 Å². The van der Waals surface area contributed by atoms with Crippen molar-refractivity contribution in [2.24, 2.45) is 5.92 Å². The minimum Gasteiger partial charge on any atom is -0.493 e. The van der Waals surface area contributed by atoms with E-state index in [-0.39, 0.29) is 12.5 Å². The predicted molar refractivity (Wildman–Crippen MR) is 81.9 cm³/mol. The van der Waals surface area contributed by atoms with Gasteiger partial charge in [0.25, 0.3) is 10.2 Å². The summed E-state index contributed by atoms with van der Waals surface area (Å²) >= 11 is 3.44. The molecule has 0 atom stereocenters. The van der Waals surface area contributed by atoms with Crippen molar-refractivity contribution in [2.75, 3.05) is 13.2 Å². The van der Waals surface area contributed by atoms with Crippen LogP contribution in [0.15, 0.2) is 16.6 Å². The zero-order valence-electron chi connectivity index (χ0n) is 11.6. The van der Waals surface area contributed by atoms with Crippen molar-refractivity contribution in [2.45, 2.75) is 26.8 Å². The SMILES string of the molecule is CC(C)CNS(=O)(=O)NCc1cc(Br)cc2c1OCC2. The largest absolute Gasteiger partial charge is 0.493 e. The van der Waals surface area contributed by atoms with Crippen LogP contribution in [-0.2, 0) is 23.2 Å². The lowest BCUT2D eigenvalue weighted by molar-refractivity contribution is 0.353. The van der Waals surface area contributed by atoms with Gasteiger partial charge in [-0.3, -0.25) is 0 Å². The Morgan fingerprint density at radius 2 is 2.10 bits per heavy atom. The van der Waals surface area contributed by atoms with Gasteiger partial charge in [-0.15, -0.1) is 0 Å². The van der Waals surface area contributed by atoms with Crippen LogP contribution in [0.5, 0.6) is 5.75 Å². The summed E-state index contributed by atoms with van der Waals surface area (Å²) in [4.78, 5) is 0. The molecule has 2 rings (SSSR count). The molecule has 0 aromatic heterocycles. The van der Waals surface area contributed by atoms with E-state index in [0.29, 0.717) is 13.2 Å². The maximum absolute atomic E-state index is 11.8. The second-order valence-corrected chi connectivity index (χ2v) is 7.72. The van der Waals surface area contributed by atoms with Gasteiger partial charge in [-0.1, -0.05) is 29.8 Å². The van der Waals surface area contributed by atoms with Crippen LogP contribution >= 0.6 is 15.9 Å². The summed E-state index contributed by atoms with van der Waals surface area (Å²) in [5, 5.41) is 0. The fourth-order valence-electron chi connectivity index (χ4n) is 1.98. The third-order valence-corrected chi connectivity index (χ3v) is 4.49. The Kier molecular flexibility index (Phi) is 5.06. The molecule has 0 spiro atoms. The van der Waals surface area contributed by atoms with E-state index >= 15 is 0 Å².